The van der Waals surface area contributed by atoms with Crippen LogP contribution in [0.3, 0.4) is 0 Å². The third-order valence-corrected chi connectivity index (χ3v) is 2.21. The van der Waals surface area contributed by atoms with Crippen molar-refractivity contribution in [3.63, 3.8) is 0 Å². The average Bonchev–Trinajstić information content (AvgIpc) is 2.56. The summed E-state index contributed by atoms with van der Waals surface area (Å²) in [5.74, 6) is 1.07. The molecule has 2 aromatic rings. The van der Waals surface area contributed by atoms with Gasteiger partial charge in [-0.1, -0.05) is 5.16 Å². The van der Waals surface area contributed by atoms with Gasteiger partial charge >= 0.3 is 0 Å². The van der Waals surface area contributed by atoms with Crippen molar-refractivity contribution in [3.8, 4) is 11.3 Å². The van der Waals surface area contributed by atoms with Crippen molar-refractivity contribution in [3.05, 3.63) is 28.5 Å². The quantitative estimate of drug-likeness (QED) is 0.848. The maximum atomic E-state index is 5.71. The highest BCUT2D eigenvalue weighted by Crippen LogP contribution is 2.27. The summed E-state index contributed by atoms with van der Waals surface area (Å²) in [4.78, 5) is 4.01. The van der Waals surface area contributed by atoms with Crippen molar-refractivity contribution in [2.75, 3.05) is 5.73 Å². The molecule has 2 aromatic heterocycles. The minimum atomic E-state index is 0.435. The summed E-state index contributed by atoms with van der Waals surface area (Å²) in [5.41, 5.74) is 7.28. The molecule has 0 spiro atoms. The molecule has 0 aliphatic carbocycles. The molecule has 0 radical (unpaired) electrons. The third-order valence-electron chi connectivity index (χ3n) is 1.78. The van der Waals surface area contributed by atoms with E-state index in [1.54, 1.807) is 6.20 Å². The first-order valence-electron chi connectivity index (χ1n) is 4.01. The van der Waals surface area contributed by atoms with E-state index in [0.717, 1.165) is 15.7 Å². The Morgan fingerprint density at radius 2 is 2.21 bits per heavy atom. The lowest BCUT2D eigenvalue weighted by molar-refractivity contribution is 0.427. The molecule has 0 bridgehead atoms. The van der Waals surface area contributed by atoms with E-state index in [1.807, 2.05) is 19.1 Å². The lowest BCUT2D eigenvalue weighted by Gasteiger charge is -2.00. The van der Waals surface area contributed by atoms with Gasteiger partial charge in [-0.3, -0.25) is 0 Å². The molecule has 2 N–H and O–H groups in total. The van der Waals surface area contributed by atoms with Crippen molar-refractivity contribution in [2.45, 2.75) is 6.92 Å². The Hall–Kier alpha value is -1.36. The van der Waals surface area contributed by atoms with Gasteiger partial charge in [-0.25, -0.2) is 4.98 Å². The van der Waals surface area contributed by atoms with E-state index in [2.05, 4.69) is 26.1 Å². The van der Waals surface area contributed by atoms with Crippen molar-refractivity contribution in [1.29, 1.82) is 0 Å². The van der Waals surface area contributed by atoms with Gasteiger partial charge in [0.1, 0.15) is 5.82 Å². The van der Waals surface area contributed by atoms with E-state index in [0.29, 0.717) is 11.6 Å². The third kappa shape index (κ3) is 1.63. The maximum absolute atomic E-state index is 5.71. The highest BCUT2D eigenvalue weighted by atomic mass is 79.9. The first-order chi connectivity index (χ1) is 6.66. The molecule has 0 saturated carbocycles. The van der Waals surface area contributed by atoms with Gasteiger partial charge < -0.3 is 10.3 Å². The van der Waals surface area contributed by atoms with E-state index in [-0.39, 0.29) is 0 Å². The van der Waals surface area contributed by atoms with E-state index in [4.69, 9.17) is 10.3 Å². The van der Waals surface area contributed by atoms with Crippen LogP contribution in [0.15, 0.2) is 27.3 Å². The highest BCUT2D eigenvalue weighted by molar-refractivity contribution is 9.10. The summed E-state index contributed by atoms with van der Waals surface area (Å²) in [5, 5.41) is 3.79. The molecule has 0 atom stereocenters. The highest BCUT2D eigenvalue weighted by Gasteiger charge is 2.09. The fraction of sp³-hybridized carbons (Fsp3) is 0.111. The molecule has 0 saturated heterocycles. The predicted molar refractivity (Wildman–Crippen MR) is 56.6 cm³/mol. The van der Waals surface area contributed by atoms with E-state index < -0.39 is 0 Å². The summed E-state index contributed by atoms with van der Waals surface area (Å²) < 4.78 is 5.95. The van der Waals surface area contributed by atoms with Crippen LogP contribution < -0.4 is 5.73 Å². The maximum Gasteiger partial charge on any atom is 0.170 e. The number of halogens is 1. The molecular formula is C9H8BrN3O. The number of hydrogen-bond acceptors (Lipinski definition) is 4. The molecule has 14 heavy (non-hydrogen) atoms. The zero-order valence-corrected chi connectivity index (χ0v) is 9.08. The van der Waals surface area contributed by atoms with Crippen molar-refractivity contribution in [2.24, 2.45) is 0 Å². The second-order valence-corrected chi connectivity index (χ2v) is 3.83. The molecule has 0 unspecified atom stereocenters. The Balaban J connectivity index is 2.55. The minimum absolute atomic E-state index is 0.435. The molecule has 0 aliphatic heterocycles. The normalized spacial score (nSPS) is 10.4. The van der Waals surface area contributed by atoms with Crippen LogP contribution in [0.2, 0.25) is 0 Å². The number of aryl methyl sites for hydroxylation is 1. The Morgan fingerprint density at radius 3 is 2.86 bits per heavy atom. The van der Waals surface area contributed by atoms with E-state index in [9.17, 15) is 0 Å². The molecule has 72 valence electrons. The zero-order valence-electron chi connectivity index (χ0n) is 7.49. The van der Waals surface area contributed by atoms with Gasteiger partial charge in [0.15, 0.2) is 5.76 Å². The summed E-state index contributed by atoms with van der Waals surface area (Å²) in [6, 6.07) is 3.67. The fourth-order valence-electron chi connectivity index (χ4n) is 1.14. The van der Waals surface area contributed by atoms with Gasteiger partial charge in [-0.05, 0) is 28.9 Å². The first kappa shape index (κ1) is 9.21. The van der Waals surface area contributed by atoms with Gasteiger partial charge in [0.05, 0.1) is 11.3 Å². The molecule has 2 heterocycles. The first-order valence-corrected chi connectivity index (χ1v) is 4.81. The number of nitrogen functional groups attached to an aromatic ring is 1. The molecular weight excluding hydrogens is 246 g/mol. The summed E-state index contributed by atoms with van der Waals surface area (Å²) in [6.07, 6.45) is 1.64. The van der Waals surface area contributed by atoms with Crippen LogP contribution in [0, 0.1) is 6.92 Å². The topological polar surface area (TPSA) is 64.9 Å². The predicted octanol–water partition coefficient (Wildman–Crippen LogP) is 2.39. The molecule has 4 nitrogen and oxygen atoms in total. The fourth-order valence-corrected chi connectivity index (χ4v) is 1.47. The molecule has 0 amide bonds. The van der Waals surface area contributed by atoms with Crippen LogP contribution in [0.1, 0.15) is 5.69 Å². The largest absolute Gasteiger partial charge is 0.383 e. The standard InChI is InChI=1S/C9H8BrN3O/c1-5-2-8(14-13-5)7-3-6(10)4-12-9(7)11/h2-4H,1H3,(H2,11,12). The van der Waals surface area contributed by atoms with Crippen LogP contribution in [0.5, 0.6) is 0 Å². The van der Waals surface area contributed by atoms with Crippen molar-refractivity contribution < 1.29 is 4.52 Å². The van der Waals surface area contributed by atoms with Crippen LogP contribution in [0.4, 0.5) is 5.82 Å². The van der Waals surface area contributed by atoms with Crippen molar-refractivity contribution >= 4 is 21.7 Å². The number of aromatic nitrogens is 2. The monoisotopic (exact) mass is 253 g/mol. The number of nitrogens with zero attached hydrogens (tertiary/aromatic N) is 2. The summed E-state index contributed by atoms with van der Waals surface area (Å²) in [7, 11) is 0. The Labute approximate surface area is 89.2 Å². The SMILES string of the molecule is Cc1cc(-c2cc(Br)cnc2N)on1. The average molecular weight is 254 g/mol. The van der Waals surface area contributed by atoms with E-state index >= 15 is 0 Å². The Kier molecular flexibility index (Phi) is 2.25. The summed E-state index contributed by atoms with van der Waals surface area (Å²) in [6.45, 7) is 1.86. The van der Waals surface area contributed by atoms with Crippen LogP contribution >= 0.6 is 15.9 Å². The van der Waals surface area contributed by atoms with Gasteiger partial charge in [0.25, 0.3) is 0 Å². The zero-order chi connectivity index (χ0) is 10.1. The van der Waals surface area contributed by atoms with Crippen LogP contribution in [-0.2, 0) is 0 Å². The second-order valence-electron chi connectivity index (χ2n) is 2.92. The second kappa shape index (κ2) is 3.42. The van der Waals surface area contributed by atoms with Gasteiger partial charge in [-0.15, -0.1) is 0 Å². The van der Waals surface area contributed by atoms with Gasteiger partial charge in [0.2, 0.25) is 0 Å². The minimum Gasteiger partial charge on any atom is -0.383 e. The van der Waals surface area contributed by atoms with Crippen molar-refractivity contribution in [1.82, 2.24) is 10.1 Å². The Morgan fingerprint density at radius 1 is 1.43 bits per heavy atom. The number of rotatable bonds is 1. The van der Waals surface area contributed by atoms with E-state index in [1.165, 1.54) is 0 Å². The Bertz CT molecular complexity index is 467. The lowest BCUT2D eigenvalue weighted by Crippen LogP contribution is -1.92. The number of hydrogen-bond donors (Lipinski definition) is 1. The summed E-state index contributed by atoms with van der Waals surface area (Å²) >= 11 is 3.32. The molecule has 0 aromatic carbocycles. The molecule has 0 aliphatic rings. The molecule has 2 rings (SSSR count). The number of anilines is 1. The van der Waals surface area contributed by atoms with Gasteiger partial charge in [0, 0.05) is 16.7 Å². The lowest BCUT2D eigenvalue weighted by atomic mass is 10.2. The smallest absolute Gasteiger partial charge is 0.170 e. The number of pyridine rings is 1. The number of nitrogens with two attached hydrogens (primary N) is 1. The van der Waals surface area contributed by atoms with Gasteiger partial charge in [-0.2, -0.15) is 0 Å². The molecule has 0 fully saturated rings. The molecule has 5 heteroatoms. The van der Waals surface area contributed by atoms with Crippen LogP contribution in [0.25, 0.3) is 11.3 Å². The van der Waals surface area contributed by atoms with Crippen LogP contribution in [-0.4, -0.2) is 10.1 Å².